The van der Waals surface area contributed by atoms with Crippen LogP contribution in [0.25, 0.3) is 0 Å². The Balaban J connectivity index is 0.00000342. The first kappa shape index (κ1) is 36.3. The van der Waals surface area contributed by atoms with Crippen molar-refractivity contribution < 1.29 is 21.7 Å². The van der Waals surface area contributed by atoms with Gasteiger partial charge in [0.15, 0.2) is 0 Å². The molecule has 0 N–H and O–H groups in total. The third-order valence-electron chi connectivity index (χ3n) is 8.13. The van der Waals surface area contributed by atoms with E-state index in [4.69, 9.17) is 0 Å². The van der Waals surface area contributed by atoms with Gasteiger partial charge in [0.05, 0.1) is 8.07 Å². The average Bonchev–Trinajstić information content (AvgIpc) is 2.98. The Bertz CT molecular complexity index is 1280. The summed E-state index contributed by atoms with van der Waals surface area (Å²) in [6.07, 6.45) is 4.07. The van der Waals surface area contributed by atoms with Crippen LogP contribution in [0.4, 0.5) is 0 Å². The Morgan fingerprint density at radius 1 is 0.605 bits per heavy atom. The average molecular weight is 573 g/mol. The second-order valence-corrected chi connectivity index (χ2v) is 20.8. The van der Waals surface area contributed by atoms with Gasteiger partial charge in [0.25, 0.3) is 0 Å². The molecule has 0 aliphatic heterocycles. The van der Waals surface area contributed by atoms with E-state index in [0.717, 1.165) is 0 Å². The van der Waals surface area contributed by atoms with Crippen LogP contribution in [0.3, 0.4) is 0 Å². The molecule has 1 aliphatic carbocycles. The molecular weight excluding hydrogens is 524 g/mol. The first-order chi connectivity index (χ1) is 15.9. The van der Waals surface area contributed by atoms with E-state index >= 15 is 0 Å². The number of benzene rings is 3. The quantitative estimate of drug-likeness (QED) is 0.168. The van der Waals surface area contributed by atoms with Crippen LogP contribution in [0, 0.1) is 42.2 Å². The summed E-state index contributed by atoms with van der Waals surface area (Å²) in [5.41, 5.74) is 6.86. The van der Waals surface area contributed by atoms with Crippen LogP contribution < -0.4 is 20.7 Å². The van der Waals surface area contributed by atoms with Crippen molar-refractivity contribution >= 4 is 36.9 Å². The van der Waals surface area contributed by atoms with Gasteiger partial charge in [-0.15, -0.1) is 6.92 Å². The summed E-state index contributed by atoms with van der Waals surface area (Å²) in [5, 5.41) is 5.80. The number of allylic oxidation sites excluding steroid dienone is 4. The summed E-state index contributed by atoms with van der Waals surface area (Å²) in [6.45, 7) is 21.2. The van der Waals surface area contributed by atoms with Crippen molar-refractivity contribution in [1.82, 2.24) is 0 Å². The van der Waals surface area contributed by atoms with Crippen molar-refractivity contribution in [3.05, 3.63) is 129 Å². The Morgan fingerprint density at radius 2 is 1.11 bits per heavy atom. The molecule has 0 amide bonds. The third kappa shape index (κ3) is 5.89. The van der Waals surface area contributed by atoms with Crippen molar-refractivity contribution in [1.29, 1.82) is 0 Å². The molecule has 2 unspecified atom stereocenters. The molecule has 2 atom stereocenters. The zero-order valence-electron chi connectivity index (χ0n) is 25.9. The minimum atomic E-state index is -2.59. The van der Waals surface area contributed by atoms with Crippen molar-refractivity contribution in [2.45, 2.75) is 66.2 Å². The Morgan fingerprint density at radius 3 is 1.58 bits per heavy atom. The van der Waals surface area contributed by atoms with Gasteiger partial charge in [0.1, 0.15) is 8.07 Å². The van der Waals surface area contributed by atoms with E-state index in [0.29, 0.717) is 0 Å². The molecule has 0 radical (unpaired) electrons. The molecule has 0 spiro atoms. The molecule has 1 aliphatic rings. The van der Waals surface area contributed by atoms with E-state index in [-0.39, 0.29) is 49.0 Å². The topological polar surface area (TPSA) is 0 Å². The monoisotopic (exact) mass is 572 g/mol. The summed E-state index contributed by atoms with van der Waals surface area (Å²) in [4.78, 5) is 0. The van der Waals surface area contributed by atoms with Gasteiger partial charge in [0, 0.05) is 0 Å². The Hall–Kier alpha value is -1.71. The van der Waals surface area contributed by atoms with E-state index in [1.54, 1.807) is 5.19 Å². The minimum Gasteiger partial charge on any atom is -0.358 e. The summed E-state index contributed by atoms with van der Waals surface area (Å²) in [6, 6.07) is 28.3. The maximum atomic E-state index is 4.07. The summed E-state index contributed by atoms with van der Waals surface area (Å²) in [7, 11) is -4.10. The molecule has 3 aromatic carbocycles. The van der Waals surface area contributed by atoms with Crippen molar-refractivity contribution in [3.8, 4) is 0 Å². The fourth-order valence-corrected chi connectivity index (χ4v) is 13.3. The van der Waals surface area contributed by atoms with Gasteiger partial charge in [-0.1, -0.05) is 135 Å². The molecule has 200 valence electrons. The van der Waals surface area contributed by atoms with Crippen molar-refractivity contribution in [2.75, 3.05) is 0 Å². The summed E-state index contributed by atoms with van der Waals surface area (Å²) < 4.78 is 0. The van der Waals surface area contributed by atoms with E-state index in [2.05, 4.69) is 140 Å². The zero-order chi connectivity index (χ0) is 24.9. The van der Waals surface area contributed by atoms with Crippen LogP contribution >= 0.6 is 0 Å². The molecule has 0 fully saturated rings. The molecule has 4 rings (SSSR count). The number of rotatable bonds is 5. The van der Waals surface area contributed by atoms with Crippen LogP contribution in [-0.4, -0.2) is 16.1 Å². The maximum absolute atomic E-state index is 4.07. The molecule has 0 saturated heterocycles. The van der Waals surface area contributed by atoms with Crippen LogP contribution in [-0.2, 0) is 21.7 Å². The molecule has 0 nitrogen and oxygen atoms in total. The third-order valence-corrected chi connectivity index (χ3v) is 15.7. The van der Waals surface area contributed by atoms with Crippen molar-refractivity contribution in [2.24, 2.45) is 0 Å². The molecular formula is C35H48Si2Ti. The van der Waals surface area contributed by atoms with E-state index in [1.807, 2.05) is 0 Å². The van der Waals surface area contributed by atoms with Crippen LogP contribution in [0.1, 0.15) is 38.8 Å². The predicted molar refractivity (Wildman–Crippen MR) is 175 cm³/mol. The number of aryl methyl sites for hydroxylation is 2. The maximum Gasteiger partial charge on any atom is 4.00 e. The first-order valence-electron chi connectivity index (χ1n) is 12.5. The van der Waals surface area contributed by atoms with Gasteiger partial charge in [-0.3, -0.25) is 6.08 Å². The van der Waals surface area contributed by atoms with Crippen LogP contribution in [0.2, 0.25) is 24.7 Å². The zero-order valence-corrected chi connectivity index (χ0v) is 29.5. The number of hydrogen-bond acceptors (Lipinski definition) is 0. The van der Waals surface area contributed by atoms with Crippen molar-refractivity contribution in [3.63, 3.8) is 0 Å². The Labute approximate surface area is 252 Å². The normalized spacial score (nSPS) is 18.2. The van der Waals surface area contributed by atoms with Gasteiger partial charge in [-0.2, -0.15) is 11.1 Å². The molecule has 0 aromatic heterocycles. The first-order valence-corrected chi connectivity index (χ1v) is 18.0. The van der Waals surface area contributed by atoms with E-state index in [1.165, 1.54) is 43.4 Å². The SMILES string of the molecule is CC1=[C-]C(C)([Si](c2ccccc2)(c2ccc(C)cc2)c2cc(C)cc([Si](C)(C)C)c2)C(C)=C1C.[CH3-].[CH3-].[CH3-].[Ti+4]. The molecule has 0 saturated carbocycles. The molecule has 0 heterocycles. The fraction of sp³-hybridized carbons (Fsp3) is 0.286. The minimum absolute atomic E-state index is 0. The predicted octanol–water partition coefficient (Wildman–Crippen LogP) is 7.53. The van der Waals surface area contributed by atoms with Gasteiger partial charge < -0.3 is 22.3 Å². The molecule has 3 heteroatoms. The largest absolute Gasteiger partial charge is 4.00 e. The smallest absolute Gasteiger partial charge is 0.358 e. The Kier molecular flexibility index (Phi) is 12.5. The molecule has 0 bridgehead atoms. The number of hydrogen-bond donors (Lipinski definition) is 0. The van der Waals surface area contributed by atoms with Gasteiger partial charge in [-0.25, -0.2) is 5.57 Å². The van der Waals surface area contributed by atoms with E-state index in [9.17, 15) is 0 Å². The molecule has 3 aromatic rings. The van der Waals surface area contributed by atoms with Gasteiger partial charge in [0.2, 0.25) is 0 Å². The van der Waals surface area contributed by atoms with Gasteiger partial charge >= 0.3 is 21.7 Å². The van der Waals surface area contributed by atoms with Crippen LogP contribution in [0.15, 0.2) is 89.5 Å². The fourth-order valence-electron chi connectivity index (χ4n) is 5.88. The summed E-state index contributed by atoms with van der Waals surface area (Å²) >= 11 is 0. The standard InChI is InChI=1S/C32H39Si2.3CH3.Ti/c1-23-15-17-29(18-16-23)34(28-13-11-10-12-14-28,32(6)22-25(3)26(4)27(32)5)31-20-24(2)19-30(21-31)33(7,8)9;;;;/h10-21H,1-9H3;3*1H3;/q4*-1;+4. The van der Waals surface area contributed by atoms with E-state index < -0.39 is 16.1 Å². The van der Waals surface area contributed by atoms with Gasteiger partial charge in [-0.05, 0) is 29.4 Å². The van der Waals surface area contributed by atoms with Crippen LogP contribution in [0.5, 0.6) is 0 Å². The second-order valence-electron chi connectivity index (χ2n) is 11.4. The molecule has 38 heavy (non-hydrogen) atoms. The summed E-state index contributed by atoms with van der Waals surface area (Å²) in [5.74, 6) is 0. The second kappa shape index (κ2) is 13.1.